The van der Waals surface area contributed by atoms with Gasteiger partial charge in [-0.25, -0.2) is 19.7 Å². The smallest absolute Gasteiger partial charge is 0.340 e. The summed E-state index contributed by atoms with van der Waals surface area (Å²) in [5.74, 6) is -1.74. The number of amides is 2. The number of para-hydroxylation sites is 1. The van der Waals surface area contributed by atoms with E-state index in [2.05, 4.69) is 15.3 Å². The molecule has 0 saturated carbocycles. The molecule has 4 rings (SSSR count). The maximum Gasteiger partial charge on any atom is 0.340 e. The Balaban J connectivity index is 1.78. The summed E-state index contributed by atoms with van der Waals surface area (Å²) in [6, 6.07) is 14.0. The Morgan fingerprint density at radius 2 is 1.65 bits per heavy atom. The van der Waals surface area contributed by atoms with Crippen molar-refractivity contribution in [2.75, 3.05) is 16.8 Å². The van der Waals surface area contributed by atoms with Gasteiger partial charge in [0, 0.05) is 17.1 Å². The van der Waals surface area contributed by atoms with Gasteiger partial charge >= 0.3 is 5.97 Å². The summed E-state index contributed by atoms with van der Waals surface area (Å²) in [4.78, 5) is 50.3. The molecule has 0 fully saturated rings. The predicted octanol–water partition coefficient (Wildman–Crippen LogP) is 5.27. The van der Waals surface area contributed by atoms with Crippen LogP contribution in [0.3, 0.4) is 0 Å². The number of nitrogens with zero attached hydrogens (tertiary/aromatic N) is 3. The molecular weight excluding hydrogens is 488 g/mol. The molecule has 37 heavy (non-hydrogen) atoms. The van der Waals surface area contributed by atoms with E-state index in [0.29, 0.717) is 17.3 Å². The summed E-state index contributed by atoms with van der Waals surface area (Å²) in [6.45, 7) is 9.77. The van der Waals surface area contributed by atoms with Crippen LogP contribution in [0.4, 0.5) is 11.4 Å². The molecule has 2 heterocycles. The van der Waals surface area contributed by atoms with Gasteiger partial charge in [0.15, 0.2) is 5.16 Å². The standard InChI is InChI=1S/C28H28N4O4S/c1-6-13-36-27(35)21-9-7-8-10-22(21)32-25(33)23(31-20-12-11-16(2)17(3)14-20)24(26(32)34)37-28-29-18(4)15-19(5)30-28/h7-12,14-15,31H,6,13H2,1-5H3. The number of imide groups is 1. The average molecular weight is 517 g/mol. The van der Waals surface area contributed by atoms with Crippen molar-refractivity contribution in [1.29, 1.82) is 0 Å². The van der Waals surface area contributed by atoms with Crippen LogP contribution in [0.15, 0.2) is 64.3 Å². The first-order valence-electron chi connectivity index (χ1n) is 11.9. The molecule has 8 nitrogen and oxygen atoms in total. The zero-order valence-corrected chi connectivity index (χ0v) is 22.2. The van der Waals surface area contributed by atoms with Gasteiger partial charge in [-0.05, 0) is 87.3 Å². The Morgan fingerprint density at radius 1 is 0.946 bits per heavy atom. The first-order chi connectivity index (χ1) is 17.7. The van der Waals surface area contributed by atoms with E-state index in [-0.39, 0.29) is 28.5 Å². The Kier molecular flexibility index (Phi) is 7.73. The fourth-order valence-electron chi connectivity index (χ4n) is 3.84. The Labute approximate surface area is 220 Å². The van der Waals surface area contributed by atoms with E-state index in [4.69, 9.17) is 4.74 Å². The van der Waals surface area contributed by atoms with Crippen molar-refractivity contribution in [2.24, 2.45) is 0 Å². The van der Waals surface area contributed by atoms with Crippen molar-refractivity contribution >= 4 is 40.9 Å². The fourth-order valence-corrected chi connectivity index (χ4v) is 4.82. The lowest BCUT2D eigenvalue weighted by Crippen LogP contribution is -2.33. The molecule has 0 spiro atoms. The number of hydrogen-bond acceptors (Lipinski definition) is 8. The normalized spacial score (nSPS) is 13.4. The highest BCUT2D eigenvalue weighted by molar-refractivity contribution is 8.04. The van der Waals surface area contributed by atoms with Gasteiger partial charge in [-0.3, -0.25) is 9.59 Å². The highest BCUT2D eigenvalue weighted by atomic mass is 32.2. The van der Waals surface area contributed by atoms with E-state index in [1.165, 1.54) is 0 Å². The second kappa shape index (κ2) is 11.0. The highest BCUT2D eigenvalue weighted by Gasteiger charge is 2.42. The number of nitrogens with one attached hydrogen (secondary N) is 1. The van der Waals surface area contributed by atoms with E-state index < -0.39 is 17.8 Å². The van der Waals surface area contributed by atoms with Crippen molar-refractivity contribution in [2.45, 2.75) is 46.2 Å². The molecule has 0 unspecified atom stereocenters. The molecule has 0 radical (unpaired) electrons. The third-order valence-corrected chi connectivity index (χ3v) is 6.72. The summed E-state index contributed by atoms with van der Waals surface area (Å²) in [7, 11) is 0. The van der Waals surface area contributed by atoms with Crippen LogP contribution in [-0.4, -0.2) is 34.4 Å². The summed E-state index contributed by atoms with van der Waals surface area (Å²) in [5.41, 5.74) is 4.69. The largest absolute Gasteiger partial charge is 0.462 e. The second-order valence-electron chi connectivity index (χ2n) is 8.76. The molecule has 1 N–H and O–H groups in total. The molecule has 3 aromatic rings. The lowest BCUT2D eigenvalue weighted by Gasteiger charge is -2.18. The van der Waals surface area contributed by atoms with Gasteiger partial charge in [0.05, 0.1) is 17.9 Å². The van der Waals surface area contributed by atoms with Gasteiger partial charge in [0.25, 0.3) is 11.8 Å². The Bertz CT molecular complexity index is 1410. The molecule has 1 aliphatic heterocycles. The number of aromatic nitrogens is 2. The number of esters is 1. The van der Waals surface area contributed by atoms with Crippen LogP contribution in [0.1, 0.15) is 46.2 Å². The molecule has 0 aliphatic carbocycles. The highest BCUT2D eigenvalue weighted by Crippen LogP contribution is 2.38. The van der Waals surface area contributed by atoms with Gasteiger partial charge < -0.3 is 10.1 Å². The van der Waals surface area contributed by atoms with Gasteiger partial charge in [-0.1, -0.05) is 25.1 Å². The van der Waals surface area contributed by atoms with Crippen LogP contribution in [0.2, 0.25) is 0 Å². The maximum atomic E-state index is 13.8. The van der Waals surface area contributed by atoms with Gasteiger partial charge in [-0.15, -0.1) is 0 Å². The van der Waals surface area contributed by atoms with E-state index in [0.717, 1.165) is 39.2 Å². The molecule has 190 valence electrons. The maximum absolute atomic E-state index is 13.8. The number of carbonyl (C=O) groups excluding carboxylic acids is 3. The third kappa shape index (κ3) is 5.56. The molecule has 0 atom stereocenters. The molecule has 0 bridgehead atoms. The number of thioether (sulfide) groups is 1. The number of hydrogen-bond donors (Lipinski definition) is 1. The summed E-state index contributed by atoms with van der Waals surface area (Å²) in [5, 5.41) is 3.50. The van der Waals surface area contributed by atoms with Crippen molar-refractivity contribution in [3.8, 4) is 0 Å². The van der Waals surface area contributed by atoms with Crippen molar-refractivity contribution in [3.05, 3.63) is 87.2 Å². The van der Waals surface area contributed by atoms with Crippen LogP contribution >= 0.6 is 11.8 Å². The number of anilines is 2. The fraction of sp³-hybridized carbons (Fsp3) is 0.250. The minimum Gasteiger partial charge on any atom is -0.462 e. The zero-order valence-electron chi connectivity index (χ0n) is 21.4. The lowest BCUT2D eigenvalue weighted by molar-refractivity contribution is -0.120. The molecule has 0 saturated heterocycles. The molecule has 9 heteroatoms. The number of ether oxygens (including phenoxy) is 1. The summed E-state index contributed by atoms with van der Waals surface area (Å²) >= 11 is 1.02. The first-order valence-corrected chi connectivity index (χ1v) is 12.7. The van der Waals surface area contributed by atoms with E-state index in [1.54, 1.807) is 24.3 Å². The average Bonchev–Trinajstić information content (AvgIpc) is 3.08. The van der Waals surface area contributed by atoms with E-state index in [9.17, 15) is 14.4 Å². The Morgan fingerprint density at radius 3 is 2.32 bits per heavy atom. The number of benzene rings is 2. The quantitative estimate of drug-likeness (QED) is 0.246. The second-order valence-corrected chi connectivity index (χ2v) is 9.74. The predicted molar refractivity (Wildman–Crippen MR) is 143 cm³/mol. The van der Waals surface area contributed by atoms with Crippen LogP contribution in [0.25, 0.3) is 0 Å². The molecule has 2 aromatic carbocycles. The van der Waals surface area contributed by atoms with E-state index >= 15 is 0 Å². The van der Waals surface area contributed by atoms with Crippen LogP contribution < -0.4 is 10.2 Å². The first kappa shape index (κ1) is 26.1. The minimum absolute atomic E-state index is 0.0951. The van der Waals surface area contributed by atoms with Crippen LogP contribution in [0.5, 0.6) is 0 Å². The molecule has 2 amide bonds. The SMILES string of the molecule is CCCOC(=O)c1ccccc1N1C(=O)C(Nc2ccc(C)c(C)c2)=C(Sc2nc(C)cc(C)n2)C1=O. The van der Waals surface area contributed by atoms with Crippen molar-refractivity contribution < 1.29 is 19.1 Å². The monoisotopic (exact) mass is 516 g/mol. The summed E-state index contributed by atoms with van der Waals surface area (Å²) < 4.78 is 5.30. The van der Waals surface area contributed by atoms with Crippen LogP contribution in [0, 0.1) is 27.7 Å². The molecule has 1 aliphatic rings. The molecular formula is C28H28N4O4S. The summed E-state index contributed by atoms with van der Waals surface area (Å²) in [6.07, 6.45) is 0.651. The zero-order chi connectivity index (χ0) is 26.7. The molecule has 1 aromatic heterocycles. The number of rotatable bonds is 8. The third-order valence-electron chi connectivity index (χ3n) is 5.77. The van der Waals surface area contributed by atoms with Crippen LogP contribution in [-0.2, 0) is 14.3 Å². The number of carbonyl (C=O) groups is 3. The van der Waals surface area contributed by atoms with Crippen molar-refractivity contribution in [3.63, 3.8) is 0 Å². The Hall–Kier alpha value is -3.98. The topological polar surface area (TPSA) is 101 Å². The van der Waals surface area contributed by atoms with Gasteiger partial charge in [0.1, 0.15) is 10.6 Å². The van der Waals surface area contributed by atoms with Crippen molar-refractivity contribution in [1.82, 2.24) is 9.97 Å². The lowest BCUT2D eigenvalue weighted by atomic mass is 10.1. The van der Waals surface area contributed by atoms with Gasteiger partial charge in [-0.2, -0.15) is 0 Å². The number of aryl methyl sites for hydroxylation is 4. The van der Waals surface area contributed by atoms with E-state index in [1.807, 2.05) is 58.9 Å². The van der Waals surface area contributed by atoms with Gasteiger partial charge in [0.2, 0.25) is 0 Å². The minimum atomic E-state index is -0.597.